The van der Waals surface area contributed by atoms with Gasteiger partial charge in [0, 0.05) is 5.39 Å². The van der Waals surface area contributed by atoms with E-state index in [1.165, 1.54) is 0 Å². The van der Waals surface area contributed by atoms with Crippen molar-refractivity contribution < 1.29 is 14.1 Å². The summed E-state index contributed by atoms with van der Waals surface area (Å²) < 4.78 is 10.6. The van der Waals surface area contributed by atoms with Gasteiger partial charge in [0.05, 0.1) is 0 Å². The van der Waals surface area contributed by atoms with E-state index >= 15 is 0 Å². The molecule has 0 bridgehead atoms. The number of nitrogens with zero attached hydrogens (tertiary/aromatic N) is 2. The zero-order valence-corrected chi connectivity index (χ0v) is 12.2. The predicted molar refractivity (Wildman–Crippen MR) is 81.7 cm³/mol. The van der Waals surface area contributed by atoms with Crippen molar-refractivity contribution in [2.75, 3.05) is 5.32 Å². The van der Waals surface area contributed by atoms with Crippen LogP contribution in [0.2, 0.25) is 0 Å². The van der Waals surface area contributed by atoms with Crippen LogP contribution in [0.1, 0.15) is 12.7 Å². The molecule has 1 atom stereocenters. The summed E-state index contributed by atoms with van der Waals surface area (Å²) in [6, 6.07) is 13.6. The number of amides is 1. The molecule has 3 rings (SSSR count). The van der Waals surface area contributed by atoms with Crippen molar-refractivity contribution in [1.82, 2.24) is 10.1 Å². The average Bonchev–Trinajstić information content (AvgIpc) is 2.92. The van der Waals surface area contributed by atoms with Crippen molar-refractivity contribution in [2.24, 2.45) is 0 Å². The normalized spacial score (nSPS) is 12.1. The fraction of sp³-hybridized carbons (Fsp3) is 0.188. The third-order valence-corrected chi connectivity index (χ3v) is 3.18. The molecule has 0 aliphatic carbocycles. The fourth-order valence-electron chi connectivity index (χ4n) is 2.10. The monoisotopic (exact) mass is 297 g/mol. The lowest BCUT2D eigenvalue weighted by Gasteiger charge is -2.15. The maximum Gasteiger partial charge on any atom is 0.328 e. The molecule has 0 saturated carbocycles. The molecule has 0 radical (unpaired) electrons. The number of aromatic nitrogens is 2. The second kappa shape index (κ2) is 5.85. The summed E-state index contributed by atoms with van der Waals surface area (Å²) in [5.41, 5.74) is 0. The predicted octanol–water partition coefficient (Wildman–Crippen LogP) is 2.94. The number of anilines is 1. The molecule has 22 heavy (non-hydrogen) atoms. The lowest BCUT2D eigenvalue weighted by Crippen LogP contribution is -2.30. The summed E-state index contributed by atoms with van der Waals surface area (Å²) in [6.07, 6.45) is -0.696. The largest absolute Gasteiger partial charge is 0.480 e. The summed E-state index contributed by atoms with van der Waals surface area (Å²) in [5.74, 6) is 0.761. The highest BCUT2D eigenvalue weighted by molar-refractivity contribution is 5.93. The summed E-state index contributed by atoms with van der Waals surface area (Å²) in [7, 11) is 0. The molecule has 0 spiro atoms. The van der Waals surface area contributed by atoms with Crippen LogP contribution in [0, 0.1) is 6.92 Å². The molecular weight excluding hydrogens is 282 g/mol. The van der Waals surface area contributed by atoms with Crippen molar-refractivity contribution in [1.29, 1.82) is 0 Å². The second-order valence-corrected chi connectivity index (χ2v) is 4.87. The van der Waals surface area contributed by atoms with Gasteiger partial charge in [-0.05, 0) is 25.3 Å². The third-order valence-electron chi connectivity index (χ3n) is 3.18. The highest BCUT2D eigenvalue weighted by Crippen LogP contribution is 2.26. The maximum absolute atomic E-state index is 12.1. The average molecular weight is 297 g/mol. The molecule has 112 valence electrons. The number of rotatable bonds is 4. The number of fused-ring (bicyclic) bond motifs is 1. The van der Waals surface area contributed by atoms with Crippen LogP contribution in [-0.2, 0) is 4.79 Å². The molecule has 6 nitrogen and oxygen atoms in total. The third kappa shape index (κ3) is 2.90. The van der Waals surface area contributed by atoms with Gasteiger partial charge in [0.2, 0.25) is 0 Å². The molecule has 1 aromatic heterocycles. The van der Waals surface area contributed by atoms with Gasteiger partial charge in [0.25, 0.3) is 5.91 Å². The van der Waals surface area contributed by atoms with Crippen molar-refractivity contribution >= 4 is 22.7 Å². The Morgan fingerprint density at radius 1 is 1.23 bits per heavy atom. The summed E-state index contributed by atoms with van der Waals surface area (Å²) in [5, 5.41) is 8.15. The zero-order valence-electron chi connectivity index (χ0n) is 12.2. The maximum atomic E-state index is 12.1. The molecule has 1 heterocycles. The minimum atomic E-state index is -0.696. The zero-order chi connectivity index (χ0) is 15.5. The quantitative estimate of drug-likeness (QED) is 0.801. The Kier molecular flexibility index (Phi) is 3.74. The fourth-order valence-corrected chi connectivity index (χ4v) is 2.10. The SMILES string of the molecule is Cc1noc(NC(=O)[C@@H](C)Oc2cccc3ccccc23)n1. The number of benzene rings is 2. The Morgan fingerprint density at radius 3 is 2.77 bits per heavy atom. The number of carbonyl (C=O) groups is 1. The smallest absolute Gasteiger partial charge is 0.328 e. The molecule has 0 fully saturated rings. The summed E-state index contributed by atoms with van der Waals surface area (Å²) in [4.78, 5) is 16.0. The van der Waals surface area contributed by atoms with Gasteiger partial charge >= 0.3 is 6.01 Å². The van der Waals surface area contributed by atoms with E-state index in [0.29, 0.717) is 11.6 Å². The van der Waals surface area contributed by atoms with Crippen molar-refractivity contribution in [3.63, 3.8) is 0 Å². The van der Waals surface area contributed by atoms with Gasteiger partial charge in [-0.1, -0.05) is 41.6 Å². The van der Waals surface area contributed by atoms with E-state index in [9.17, 15) is 4.79 Å². The van der Waals surface area contributed by atoms with Gasteiger partial charge in [-0.15, -0.1) is 0 Å². The van der Waals surface area contributed by atoms with Gasteiger partial charge < -0.3 is 9.26 Å². The number of hydrogen-bond donors (Lipinski definition) is 1. The molecule has 3 aromatic rings. The van der Waals surface area contributed by atoms with E-state index in [1.807, 2.05) is 42.5 Å². The van der Waals surface area contributed by atoms with Gasteiger partial charge in [-0.2, -0.15) is 4.98 Å². The molecular formula is C16H15N3O3. The van der Waals surface area contributed by atoms with E-state index in [4.69, 9.17) is 9.26 Å². The van der Waals surface area contributed by atoms with Gasteiger partial charge in [-0.3, -0.25) is 10.1 Å². The molecule has 0 aliphatic rings. The van der Waals surface area contributed by atoms with Crippen molar-refractivity contribution in [2.45, 2.75) is 20.0 Å². The number of ether oxygens (including phenoxy) is 1. The highest BCUT2D eigenvalue weighted by Gasteiger charge is 2.18. The van der Waals surface area contributed by atoms with E-state index in [1.54, 1.807) is 13.8 Å². The van der Waals surface area contributed by atoms with Crippen molar-refractivity contribution in [3.8, 4) is 5.75 Å². The topological polar surface area (TPSA) is 77.2 Å². The van der Waals surface area contributed by atoms with Crippen LogP contribution in [0.5, 0.6) is 5.75 Å². The van der Waals surface area contributed by atoms with Crippen LogP contribution >= 0.6 is 0 Å². The number of aryl methyl sites for hydroxylation is 1. The number of hydrogen-bond acceptors (Lipinski definition) is 5. The Balaban J connectivity index is 1.75. The van der Waals surface area contributed by atoms with Crippen LogP contribution < -0.4 is 10.1 Å². The van der Waals surface area contributed by atoms with Gasteiger partial charge in [0.15, 0.2) is 11.9 Å². The molecule has 0 saturated heterocycles. The first kappa shape index (κ1) is 14.1. The summed E-state index contributed by atoms with van der Waals surface area (Å²) >= 11 is 0. The molecule has 6 heteroatoms. The van der Waals surface area contributed by atoms with E-state index in [0.717, 1.165) is 10.8 Å². The van der Waals surface area contributed by atoms with Crippen LogP contribution in [0.15, 0.2) is 47.0 Å². The van der Waals surface area contributed by atoms with Gasteiger partial charge in [0.1, 0.15) is 5.75 Å². The number of carbonyl (C=O) groups excluding carboxylic acids is 1. The minimum absolute atomic E-state index is 0.0656. The Labute approximate surface area is 127 Å². The molecule has 0 aliphatic heterocycles. The first-order valence-electron chi connectivity index (χ1n) is 6.89. The van der Waals surface area contributed by atoms with E-state index in [-0.39, 0.29) is 11.9 Å². The van der Waals surface area contributed by atoms with Gasteiger partial charge in [-0.25, -0.2) is 0 Å². The first-order chi connectivity index (χ1) is 10.6. The molecule has 0 unspecified atom stereocenters. The van der Waals surface area contributed by atoms with Crippen LogP contribution in [0.25, 0.3) is 10.8 Å². The van der Waals surface area contributed by atoms with Crippen LogP contribution in [0.4, 0.5) is 6.01 Å². The number of nitrogens with one attached hydrogen (secondary N) is 1. The lowest BCUT2D eigenvalue weighted by atomic mass is 10.1. The minimum Gasteiger partial charge on any atom is -0.480 e. The Hall–Kier alpha value is -2.89. The van der Waals surface area contributed by atoms with E-state index in [2.05, 4.69) is 15.5 Å². The van der Waals surface area contributed by atoms with Crippen LogP contribution in [-0.4, -0.2) is 22.2 Å². The lowest BCUT2D eigenvalue weighted by molar-refractivity contribution is -0.122. The first-order valence-corrected chi connectivity index (χ1v) is 6.89. The van der Waals surface area contributed by atoms with Crippen molar-refractivity contribution in [3.05, 3.63) is 48.3 Å². The van der Waals surface area contributed by atoms with Crippen LogP contribution in [0.3, 0.4) is 0 Å². The Morgan fingerprint density at radius 2 is 2.00 bits per heavy atom. The Bertz CT molecular complexity index is 808. The molecule has 2 aromatic carbocycles. The summed E-state index contributed by atoms with van der Waals surface area (Å²) in [6.45, 7) is 3.34. The van der Waals surface area contributed by atoms with E-state index < -0.39 is 6.10 Å². The molecule has 1 amide bonds. The second-order valence-electron chi connectivity index (χ2n) is 4.87. The standard InChI is InChI=1S/C16H15N3O3/c1-10(15(20)18-16-17-11(2)19-22-16)21-14-9-5-7-12-6-3-4-8-13(12)14/h3-10H,1-2H3,(H,17,18,19,20)/t10-/m1/s1. The molecule has 1 N–H and O–H groups in total. The highest BCUT2D eigenvalue weighted by atomic mass is 16.5.